The van der Waals surface area contributed by atoms with Crippen LogP contribution in [0, 0.1) is 5.92 Å². The summed E-state index contributed by atoms with van der Waals surface area (Å²) in [5, 5.41) is 6.96. The van der Waals surface area contributed by atoms with E-state index >= 15 is 0 Å². The normalized spacial score (nSPS) is 17.6. The zero-order valence-corrected chi connectivity index (χ0v) is 14.2. The van der Waals surface area contributed by atoms with Gasteiger partial charge in [0.05, 0.1) is 6.04 Å². The molecule has 1 fully saturated rings. The van der Waals surface area contributed by atoms with Crippen LogP contribution in [0.25, 0.3) is 0 Å². The van der Waals surface area contributed by atoms with Gasteiger partial charge >= 0.3 is 0 Å². The van der Waals surface area contributed by atoms with E-state index in [-0.39, 0.29) is 17.9 Å². The van der Waals surface area contributed by atoms with Crippen LogP contribution in [-0.2, 0) is 11.2 Å². The van der Waals surface area contributed by atoms with E-state index in [4.69, 9.17) is 4.52 Å². The first-order valence-electron chi connectivity index (χ1n) is 8.59. The number of carbonyl (C=O) groups is 1. The van der Waals surface area contributed by atoms with Gasteiger partial charge in [0.1, 0.15) is 0 Å². The summed E-state index contributed by atoms with van der Waals surface area (Å²) in [5.74, 6) is 1.58. The molecule has 1 atom stereocenters. The van der Waals surface area contributed by atoms with Gasteiger partial charge in [0, 0.05) is 18.0 Å². The van der Waals surface area contributed by atoms with Gasteiger partial charge in [0.2, 0.25) is 11.8 Å². The lowest BCUT2D eigenvalue weighted by atomic mass is 9.95. The number of likely N-dealkylation sites (tertiary alicyclic amines) is 1. The van der Waals surface area contributed by atoms with Crippen molar-refractivity contribution in [1.29, 1.82) is 0 Å². The number of rotatable bonds is 5. The zero-order valence-electron chi connectivity index (χ0n) is 14.2. The number of anilines is 1. The number of amides is 1. The topological polar surface area (TPSA) is 71.3 Å². The molecule has 1 saturated heterocycles. The maximum absolute atomic E-state index is 12.4. The Kier molecular flexibility index (Phi) is 5.25. The Morgan fingerprint density at radius 2 is 2.04 bits per heavy atom. The fourth-order valence-corrected chi connectivity index (χ4v) is 3.05. The summed E-state index contributed by atoms with van der Waals surface area (Å²) in [4.78, 5) is 19.1. The Morgan fingerprint density at radius 3 is 2.67 bits per heavy atom. The quantitative estimate of drug-likeness (QED) is 0.913. The first-order valence-corrected chi connectivity index (χ1v) is 8.59. The monoisotopic (exact) mass is 328 g/mol. The smallest absolute Gasteiger partial charge is 0.243 e. The Labute approximate surface area is 142 Å². The van der Waals surface area contributed by atoms with Crippen molar-refractivity contribution in [3.05, 3.63) is 42.0 Å². The van der Waals surface area contributed by atoms with E-state index in [0.717, 1.165) is 43.9 Å². The lowest BCUT2D eigenvalue weighted by Gasteiger charge is -2.33. The van der Waals surface area contributed by atoms with Gasteiger partial charge in [-0.3, -0.25) is 9.69 Å². The Hall–Kier alpha value is -2.21. The molecular formula is C18H24N4O2. The minimum Gasteiger partial charge on any atom is -0.338 e. The van der Waals surface area contributed by atoms with Gasteiger partial charge in [-0.05, 0) is 45.0 Å². The van der Waals surface area contributed by atoms with E-state index in [2.05, 4.69) is 27.3 Å². The number of aromatic nitrogens is 2. The number of piperidine rings is 1. The molecule has 6 heteroatoms. The second-order valence-electron chi connectivity index (χ2n) is 6.24. The zero-order chi connectivity index (χ0) is 16.9. The van der Waals surface area contributed by atoms with Crippen molar-refractivity contribution in [2.45, 2.75) is 39.2 Å². The number of hydrogen-bond donors (Lipinski definition) is 1. The molecule has 1 aliphatic rings. The van der Waals surface area contributed by atoms with E-state index in [1.165, 1.54) is 0 Å². The molecule has 0 unspecified atom stereocenters. The van der Waals surface area contributed by atoms with Crippen molar-refractivity contribution in [2.24, 2.45) is 5.92 Å². The van der Waals surface area contributed by atoms with Crippen LogP contribution in [-0.4, -0.2) is 34.0 Å². The van der Waals surface area contributed by atoms with Crippen LogP contribution in [0.3, 0.4) is 0 Å². The van der Waals surface area contributed by atoms with Crippen molar-refractivity contribution in [2.75, 3.05) is 18.4 Å². The Balaban J connectivity index is 1.52. The van der Waals surface area contributed by atoms with E-state index in [9.17, 15) is 4.79 Å². The highest BCUT2D eigenvalue weighted by Crippen LogP contribution is 2.26. The molecule has 128 valence electrons. The molecule has 0 radical (unpaired) electrons. The number of nitrogens with one attached hydrogen (secondary N) is 1. The summed E-state index contributed by atoms with van der Waals surface area (Å²) in [7, 11) is 0. The van der Waals surface area contributed by atoms with Crippen molar-refractivity contribution in [3.8, 4) is 0 Å². The number of hydrogen-bond acceptors (Lipinski definition) is 5. The van der Waals surface area contributed by atoms with Gasteiger partial charge < -0.3 is 9.84 Å². The molecule has 1 aliphatic heterocycles. The number of aryl methyl sites for hydroxylation is 1. The van der Waals surface area contributed by atoms with Crippen molar-refractivity contribution in [3.63, 3.8) is 0 Å². The summed E-state index contributed by atoms with van der Waals surface area (Å²) < 4.78 is 5.34. The molecule has 1 amide bonds. The number of nitrogens with zero attached hydrogens (tertiary/aromatic N) is 3. The molecule has 1 aromatic carbocycles. The van der Waals surface area contributed by atoms with Gasteiger partial charge in [-0.1, -0.05) is 30.3 Å². The fourth-order valence-electron chi connectivity index (χ4n) is 3.05. The molecule has 0 saturated carbocycles. The van der Waals surface area contributed by atoms with Crippen LogP contribution in [0.4, 0.5) is 5.69 Å². The highest BCUT2D eigenvalue weighted by Gasteiger charge is 2.29. The molecule has 2 aromatic rings. The molecule has 0 spiro atoms. The van der Waals surface area contributed by atoms with E-state index in [0.29, 0.717) is 5.89 Å². The minimum absolute atomic E-state index is 0.0579. The van der Waals surface area contributed by atoms with Crippen LogP contribution in [0.1, 0.15) is 44.4 Å². The Bertz CT molecular complexity index is 663. The number of carbonyl (C=O) groups excluding carboxylic acids is 1. The van der Waals surface area contributed by atoms with Crippen molar-refractivity contribution < 1.29 is 9.32 Å². The largest absolute Gasteiger partial charge is 0.338 e. The fraction of sp³-hybridized carbons (Fsp3) is 0.500. The third-order valence-electron chi connectivity index (χ3n) is 4.65. The van der Waals surface area contributed by atoms with Crippen LogP contribution >= 0.6 is 0 Å². The maximum Gasteiger partial charge on any atom is 0.243 e. The lowest BCUT2D eigenvalue weighted by Crippen LogP contribution is -2.39. The summed E-state index contributed by atoms with van der Waals surface area (Å²) in [6, 6.07) is 9.71. The van der Waals surface area contributed by atoms with E-state index in [1.807, 2.05) is 37.3 Å². The number of benzene rings is 1. The number of para-hydroxylation sites is 1. The second kappa shape index (κ2) is 7.57. The second-order valence-corrected chi connectivity index (χ2v) is 6.24. The van der Waals surface area contributed by atoms with E-state index in [1.54, 1.807) is 0 Å². The molecular weight excluding hydrogens is 304 g/mol. The Morgan fingerprint density at radius 1 is 1.33 bits per heavy atom. The highest BCUT2D eigenvalue weighted by molar-refractivity contribution is 5.92. The van der Waals surface area contributed by atoms with Gasteiger partial charge in [-0.15, -0.1) is 0 Å². The predicted molar refractivity (Wildman–Crippen MR) is 91.5 cm³/mol. The van der Waals surface area contributed by atoms with Gasteiger partial charge in [-0.25, -0.2) is 0 Å². The summed E-state index contributed by atoms with van der Waals surface area (Å²) >= 11 is 0. The van der Waals surface area contributed by atoms with Gasteiger partial charge in [-0.2, -0.15) is 4.98 Å². The first-order chi connectivity index (χ1) is 11.7. The molecule has 24 heavy (non-hydrogen) atoms. The SMILES string of the molecule is CCc1noc([C@H](C)N2CCC(C(=O)Nc3ccccc3)CC2)n1. The van der Waals surface area contributed by atoms with Crippen LogP contribution in [0.2, 0.25) is 0 Å². The third kappa shape index (κ3) is 3.82. The van der Waals surface area contributed by atoms with Gasteiger partial charge in [0.15, 0.2) is 5.82 Å². The predicted octanol–water partition coefficient (Wildman–Crippen LogP) is 3.04. The van der Waals surface area contributed by atoms with Gasteiger partial charge in [0.25, 0.3) is 0 Å². The lowest BCUT2D eigenvalue weighted by molar-refractivity contribution is -0.121. The molecule has 0 aliphatic carbocycles. The van der Waals surface area contributed by atoms with Crippen LogP contribution in [0.15, 0.2) is 34.9 Å². The van der Waals surface area contributed by atoms with Crippen LogP contribution < -0.4 is 5.32 Å². The summed E-state index contributed by atoms with van der Waals surface area (Å²) in [6.07, 6.45) is 2.47. The summed E-state index contributed by atoms with van der Waals surface area (Å²) in [6.45, 7) is 5.81. The maximum atomic E-state index is 12.4. The average Bonchev–Trinajstić information content (AvgIpc) is 3.11. The summed E-state index contributed by atoms with van der Waals surface area (Å²) in [5.41, 5.74) is 0.858. The van der Waals surface area contributed by atoms with E-state index < -0.39 is 0 Å². The third-order valence-corrected chi connectivity index (χ3v) is 4.65. The van der Waals surface area contributed by atoms with Crippen LogP contribution in [0.5, 0.6) is 0 Å². The molecule has 1 N–H and O–H groups in total. The standard InChI is InChI=1S/C18H24N4O2/c1-3-16-20-18(24-21-16)13(2)22-11-9-14(10-12-22)17(23)19-15-7-5-4-6-8-15/h4-8,13-14H,3,9-12H2,1-2H3,(H,19,23)/t13-/m0/s1. The average molecular weight is 328 g/mol. The molecule has 3 rings (SSSR count). The molecule has 6 nitrogen and oxygen atoms in total. The molecule has 2 heterocycles. The minimum atomic E-state index is 0.0579. The highest BCUT2D eigenvalue weighted by atomic mass is 16.5. The first kappa shape index (κ1) is 16.6. The van der Waals surface area contributed by atoms with Crippen molar-refractivity contribution >= 4 is 11.6 Å². The van der Waals surface area contributed by atoms with Crippen molar-refractivity contribution in [1.82, 2.24) is 15.0 Å². The molecule has 0 bridgehead atoms. The molecule has 1 aromatic heterocycles.